The van der Waals surface area contributed by atoms with Crippen LogP contribution in [0, 0.1) is 5.41 Å². The fourth-order valence-electron chi connectivity index (χ4n) is 6.05. The first-order valence-corrected chi connectivity index (χ1v) is 19.7. The van der Waals surface area contributed by atoms with Crippen molar-refractivity contribution in [1.29, 1.82) is 0 Å². The Morgan fingerprint density at radius 2 is 1.80 bits per heavy atom. The standard InChI is InChI=1S/C28H42O5Si2/c1-27(2,3)26(30)32-14-13-28-18-16-21(34(5,6)7)24(35(8,9)10)25(28)33-23-20(31-4)12-11-17(22(23)28)15-19(18)29/h11-12,16,19,25,29H,13-15H2,1-10H3/t19-,25+,28+/m1/s1. The summed E-state index contributed by atoms with van der Waals surface area (Å²) in [6.45, 7) is 20.2. The van der Waals surface area contributed by atoms with Crippen molar-refractivity contribution < 1.29 is 24.1 Å². The SMILES string of the molecule is COc1ccc2c3c1O[C@H]1C([Si](C)(C)C)=C([Si](C)(C)C)C=C([C@H](O)C2)[C@@]31CCOC(=O)C(C)(C)C. The Hall–Kier alpha value is -1.84. The lowest BCUT2D eigenvalue weighted by atomic mass is 9.60. The molecule has 5 nitrogen and oxygen atoms in total. The summed E-state index contributed by atoms with van der Waals surface area (Å²) in [5.74, 6) is 1.31. The summed E-state index contributed by atoms with van der Waals surface area (Å²) < 4.78 is 18.5. The third kappa shape index (κ3) is 4.13. The van der Waals surface area contributed by atoms with Gasteiger partial charge in [0.1, 0.15) is 6.10 Å². The number of aliphatic hydroxyl groups is 1. The molecule has 0 saturated carbocycles. The van der Waals surface area contributed by atoms with Gasteiger partial charge in [0.25, 0.3) is 0 Å². The third-order valence-corrected chi connectivity index (χ3v) is 12.1. The molecule has 0 spiro atoms. The number of esters is 1. The summed E-state index contributed by atoms with van der Waals surface area (Å²) in [7, 11) is -1.93. The van der Waals surface area contributed by atoms with Gasteiger partial charge in [0.15, 0.2) is 11.5 Å². The van der Waals surface area contributed by atoms with Gasteiger partial charge in [0.05, 0.1) is 46.8 Å². The number of hydrogen-bond acceptors (Lipinski definition) is 5. The molecule has 1 heterocycles. The molecule has 1 aliphatic heterocycles. The molecule has 4 rings (SSSR count). The van der Waals surface area contributed by atoms with E-state index in [9.17, 15) is 9.90 Å². The number of benzene rings is 1. The van der Waals surface area contributed by atoms with E-state index in [1.807, 2.05) is 26.8 Å². The zero-order valence-corrected chi connectivity index (χ0v) is 25.1. The largest absolute Gasteiger partial charge is 0.493 e. The summed E-state index contributed by atoms with van der Waals surface area (Å²) in [6.07, 6.45) is 2.64. The maximum atomic E-state index is 12.6. The summed E-state index contributed by atoms with van der Waals surface area (Å²) in [5.41, 5.74) is 2.12. The van der Waals surface area contributed by atoms with Gasteiger partial charge >= 0.3 is 5.97 Å². The second-order valence-corrected chi connectivity index (χ2v) is 23.5. The molecule has 2 aliphatic carbocycles. The smallest absolute Gasteiger partial charge is 0.311 e. The van der Waals surface area contributed by atoms with Crippen molar-refractivity contribution in [2.45, 2.75) is 90.5 Å². The van der Waals surface area contributed by atoms with Crippen molar-refractivity contribution in [2.24, 2.45) is 5.41 Å². The predicted molar refractivity (Wildman–Crippen MR) is 146 cm³/mol. The monoisotopic (exact) mass is 514 g/mol. The first kappa shape index (κ1) is 26.2. The third-order valence-electron chi connectivity index (χ3n) is 7.65. The lowest BCUT2D eigenvalue weighted by molar-refractivity contribution is -0.153. The highest BCUT2D eigenvalue weighted by atomic mass is 28.3. The van der Waals surface area contributed by atoms with Gasteiger partial charge in [0, 0.05) is 12.0 Å². The van der Waals surface area contributed by atoms with Crippen LogP contribution in [0.25, 0.3) is 0 Å². The molecular formula is C28H42O5Si2. The Labute approximate surface area is 212 Å². The average molecular weight is 515 g/mol. The van der Waals surface area contributed by atoms with E-state index in [4.69, 9.17) is 14.2 Å². The van der Waals surface area contributed by atoms with Crippen LogP contribution in [-0.4, -0.2) is 53.1 Å². The summed E-state index contributed by atoms with van der Waals surface area (Å²) in [5, 5.41) is 14.4. The highest BCUT2D eigenvalue weighted by molar-refractivity contribution is 6.90. The van der Waals surface area contributed by atoms with Crippen molar-refractivity contribution in [2.75, 3.05) is 13.7 Å². The second kappa shape index (κ2) is 8.35. The van der Waals surface area contributed by atoms with Gasteiger partial charge in [-0.05, 0) is 49.6 Å². The van der Waals surface area contributed by atoms with Crippen LogP contribution < -0.4 is 9.47 Å². The zero-order valence-electron chi connectivity index (χ0n) is 23.1. The molecule has 1 aromatic carbocycles. The van der Waals surface area contributed by atoms with Gasteiger partial charge < -0.3 is 19.3 Å². The molecule has 0 fully saturated rings. The number of aliphatic hydroxyl groups excluding tert-OH is 1. The Morgan fingerprint density at radius 3 is 2.34 bits per heavy atom. The molecule has 0 bridgehead atoms. The Bertz CT molecular complexity index is 1110. The highest BCUT2D eigenvalue weighted by Crippen LogP contribution is 2.62. The van der Waals surface area contributed by atoms with Gasteiger partial charge in [-0.3, -0.25) is 4.79 Å². The molecule has 3 aliphatic rings. The molecule has 192 valence electrons. The molecule has 7 heteroatoms. The molecule has 0 unspecified atom stereocenters. The maximum absolute atomic E-state index is 12.6. The Balaban J connectivity index is 1.96. The number of ether oxygens (including phenoxy) is 3. The number of carbonyl (C=O) groups is 1. The van der Waals surface area contributed by atoms with Crippen molar-refractivity contribution in [1.82, 2.24) is 0 Å². The zero-order chi connectivity index (χ0) is 26.1. The van der Waals surface area contributed by atoms with E-state index in [0.717, 1.165) is 28.2 Å². The average Bonchev–Trinajstić information content (AvgIpc) is 3.06. The predicted octanol–water partition coefficient (Wildman–Crippen LogP) is 5.58. The summed E-state index contributed by atoms with van der Waals surface area (Å²) in [6, 6.07) is 4.02. The van der Waals surface area contributed by atoms with E-state index < -0.39 is 33.1 Å². The van der Waals surface area contributed by atoms with Crippen LogP contribution in [0.15, 0.2) is 34.2 Å². The van der Waals surface area contributed by atoms with Crippen molar-refractivity contribution in [3.8, 4) is 11.5 Å². The van der Waals surface area contributed by atoms with E-state index in [1.54, 1.807) is 7.11 Å². The lowest BCUT2D eigenvalue weighted by Gasteiger charge is -2.49. The van der Waals surface area contributed by atoms with E-state index in [1.165, 1.54) is 10.4 Å². The first-order chi connectivity index (χ1) is 16.0. The molecule has 0 amide bonds. The molecular weight excluding hydrogens is 472 g/mol. The quantitative estimate of drug-likeness (QED) is 0.396. The topological polar surface area (TPSA) is 65.0 Å². The van der Waals surface area contributed by atoms with Gasteiger partial charge in [0.2, 0.25) is 0 Å². The van der Waals surface area contributed by atoms with E-state index in [-0.39, 0.29) is 18.7 Å². The first-order valence-electron chi connectivity index (χ1n) is 12.7. The van der Waals surface area contributed by atoms with E-state index >= 15 is 0 Å². The van der Waals surface area contributed by atoms with Crippen LogP contribution in [0.4, 0.5) is 0 Å². The number of hydrogen-bond donors (Lipinski definition) is 1. The molecule has 0 saturated heterocycles. The molecule has 1 N–H and O–H groups in total. The molecule has 0 aromatic heterocycles. The number of rotatable bonds is 6. The van der Waals surface area contributed by atoms with Crippen LogP contribution >= 0.6 is 0 Å². The lowest BCUT2D eigenvalue weighted by Crippen LogP contribution is -2.55. The minimum Gasteiger partial charge on any atom is -0.493 e. The van der Waals surface area contributed by atoms with Crippen LogP contribution in [-0.2, 0) is 21.4 Å². The Morgan fingerprint density at radius 1 is 1.14 bits per heavy atom. The molecule has 1 aromatic rings. The van der Waals surface area contributed by atoms with Crippen LogP contribution in [0.2, 0.25) is 39.3 Å². The van der Waals surface area contributed by atoms with Crippen molar-refractivity contribution in [3.63, 3.8) is 0 Å². The fraction of sp³-hybridized carbons (Fsp3) is 0.607. The maximum Gasteiger partial charge on any atom is 0.311 e. The van der Waals surface area contributed by atoms with Crippen molar-refractivity contribution in [3.05, 3.63) is 45.3 Å². The van der Waals surface area contributed by atoms with Gasteiger partial charge in [-0.25, -0.2) is 0 Å². The summed E-state index contributed by atoms with van der Waals surface area (Å²) in [4.78, 5) is 12.6. The van der Waals surface area contributed by atoms with Gasteiger partial charge in [-0.1, -0.05) is 56.6 Å². The number of allylic oxidation sites excluding steroid dienone is 2. The van der Waals surface area contributed by atoms with Crippen LogP contribution in [0.1, 0.15) is 38.3 Å². The number of methoxy groups -OCH3 is 1. The normalized spacial score (nSPS) is 25.6. The minimum absolute atomic E-state index is 0.210. The second-order valence-electron chi connectivity index (χ2n) is 13.4. The molecule has 0 radical (unpaired) electrons. The molecule has 35 heavy (non-hydrogen) atoms. The Kier molecular flexibility index (Phi) is 6.26. The van der Waals surface area contributed by atoms with E-state index in [2.05, 4.69) is 51.4 Å². The highest BCUT2D eigenvalue weighted by Gasteiger charge is 2.61. The van der Waals surface area contributed by atoms with E-state index in [0.29, 0.717) is 12.8 Å². The van der Waals surface area contributed by atoms with Crippen molar-refractivity contribution >= 4 is 22.1 Å². The van der Waals surface area contributed by atoms with Crippen LogP contribution in [0.3, 0.4) is 0 Å². The van der Waals surface area contributed by atoms with Crippen LogP contribution in [0.5, 0.6) is 11.5 Å². The fourth-order valence-corrected chi connectivity index (χ4v) is 11.8. The summed E-state index contributed by atoms with van der Waals surface area (Å²) >= 11 is 0. The van der Waals surface area contributed by atoms with Gasteiger partial charge in [-0.15, -0.1) is 0 Å². The minimum atomic E-state index is -1.85. The van der Waals surface area contributed by atoms with Gasteiger partial charge in [-0.2, -0.15) is 0 Å². The molecule has 3 atom stereocenters. The number of carbonyl (C=O) groups excluding carboxylic acids is 1.